The number of aromatic nitrogens is 1. The number of carboxylic acid groups (broad SMARTS) is 1. The summed E-state index contributed by atoms with van der Waals surface area (Å²) in [7, 11) is 0. The highest BCUT2D eigenvalue weighted by Crippen LogP contribution is 2.29. The van der Waals surface area contributed by atoms with Crippen molar-refractivity contribution >= 4 is 5.97 Å². The van der Waals surface area contributed by atoms with Gasteiger partial charge in [-0.05, 0) is 18.1 Å². The molecular weight excluding hydrogens is 256 g/mol. The van der Waals surface area contributed by atoms with E-state index in [0.29, 0.717) is 13.1 Å². The predicted octanol–water partition coefficient (Wildman–Crippen LogP) is 2.17. The summed E-state index contributed by atoms with van der Waals surface area (Å²) >= 11 is 0. The zero-order chi connectivity index (χ0) is 14.1. The topological polar surface area (TPSA) is 66.6 Å². The Bertz CT molecular complexity index is 636. The Labute approximate surface area is 116 Å². The molecular formula is C15H16N2O3. The van der Waals surface area contributed by atoms with Gasteiger partial charge in [0.05, 0.1) is 11.6 Å². The number of fused-ring (bicyclic) bond motifs is 1. The van der Waals surface area contributed by atoms with Crippen molar-refractivity contribution < 1.29 is 14.4 Å². The predicted molar refractivity (Wildman–Crippen MR) is 72.2 cm³/mol. The summed E-state index contributed by atoms with van der Waals surface area (Å²) in [6.45, 7) is 3.70. The molecule has 0 saturated heterocycles. The van der Waals surface area contributed by atoms with E-state index in [1.165, 1.54) is 0 Å². The van der Waals surface area contributed by atoms with Gasteiger partial charge < -0.3 is 9.63 Å². The van der Waals surface area contributed by atoms with Crippen LogP contribution in [-0.4, -0.2) is 27.7 Å². The average Bonchev–Trinajstić information content (AvgIpc) is 2.83. The molecule has 2 aromatic rings. The average molecular weight is 272 g/mol. The molecule has 2 heterocycles. The molecule has 0 aliphatic carbocycles. The van der Waals surface area contributed by atoms with Crippen LogP contribution >= 0.6 is 0 Å². The lowest BCUT2D eigenvalue weighted by Gasteiger charge is -2.32. The Morgan fingerprint density at radius 2 is 2.30 bits per heavy atom. The Balaban J connectivity index is 1.84. The zero-order valence-corrected chi connectivity index (χ0v) is 11.2. The van der Waals surface area contributed by atoms with E-state index in [2.05, 4.69) is 10.1 Å². The molecule has 104 valence electrons. The minimum atomic E-state index is -0.779. The zero-order valence-electron chi connectivity index (χ0n) is 11.2. The van der Waals surface area contributed by atoms with Crippen LogP contribution in [0.15, 0.2) is 34.9 Å². The van der Waals surface area contributed by atoms with E-state index in [-0.39, 0.29) is 0 Å². The largest absolute Gasteiger partial charge is 0.481 e. The molecule has 1 aliphatic heterocycles. The van der Waals surface area contributed by atoms with E-state index in [1.807, 2.05) is 37.3 Å². The number of rotatable bonds is 3. The fourth-order valence-electron chi connectivity index (χ4n) is 2.73. The number of carbonyl (C=O) groups is 1. The first-order chi connectivity index (χ1) is 9.63. The number of carboxylic acids is 1. The number of benzene rings is 1. The number of aryl methyl sites for hydroxylation is 1. The van der Waals surface area contributed by atoms with Crippen LogP contribution in [0.1, 0.15) is 28.5 Å². The van der Waals surface area contributed by atoms with Gasteiger partial charge in [0.1, 0.15) is 5.76 Å². The summed E-state index contributed by atoms with van der Waals surface area (Å²) in [5.74, 6) is -0.487. The molecule has 5 nitrogen and oxygen atoms in total. The van der Waals surface area contributed by atoms with Crippen molar-refractivity contribution in [3.05, 3.63) is 52.9 Å². The van der Waals surface area contributed by atoms with Crippen LogP contribution in [0.4, 0.5) is 0 Å². The molecule has 0 bridgehead atoms. The monoisotopic (exact) mass is 272 g/mol. The van der Waals surface area contributed by atoms with E-state index < -0.39 is 11.9 Å². The molecule has 1 aromatic heterocycles. The normalized spacial score (nSPS) is 18.8. The first-order valence-corrected chi connectivity index (χ1v) is 6.58. The Kier molecular flexibility index (Phi) is 3.28. The number of hydrogen-bond donors (Lipinski definition) is 1. The second-order valence-corrected chi connectivity index (χ2v) is 5.19. The highest BCUT2D eigenvalue weighted by atomic mass is 16.5. The van der Waals surface area contributed by atoms with Gasteiger partial charge in [0.2, 0.25) is 0 Å². The second-order valence-electron chi connectivity index (χ2n) is 5.19. The van der Waals surface area contributed by atoms with Gasteiger partial charge in [-0.25, -0.2) is 0 Å². The highest BCUT2D eigenvalue weighted by molar-refractivity contribution is 5.77. The van der Waals surface area contributed by atoms with Gasteiger partial charge in [-0.3, -0.25) is 9.69 Å². The Morgan fingerprint density at radius 1 is 1.50 bits per heavy atom. The van der Waals surface area contributed by atoms with Gasteiger partial charge in [-0.15, -0.1) is 0 Å². The van der Waals surface area contributed by atoms with Gasteiger partial charge in [-0.2, -0.15) is 0 Å². The molecule has 20 heavy (non-hydrogen) atoms. The van der Waals surface area contributed by atoms with Crippen LogP contribution in [0, 0.1) is 6.92 Å². The molecule has 3 rings (SSSR count). The molecule has 5 heteroatoms. The maximum Gasteiger partial charge on any atom is 0.312 e. The molecule has 1 aliphatic rings. The first-order valence-electron chi connectivity index (χ1n) is 6.58. The van der Waals surface area contributed by atoms with Crippen LogP contribution in [0.2, 0.25) is 0 Å². The minimum Gasteiger partial charge on any atom is -0.481 e. The fraction of sp³-hybridized carbons (Fsp3) is 0.333. The van der Waals surface area contributed by atoms with Gasteiger partial charge in [0.15, 0.2) is 0 Å². The Hall–Kier alpha value is -2.14. The molecule has 1 aromatic carbocycles. The van der Waals surface area contributed by atoms with E-state index in [4.69, 9.17) is 4.52 Å². The maximum atomic E-state index is 11.5. The summed E-state index contributed by atoms with van der Waals surface area (Å²) in [4.78, 5) is 13.6. The van der Waals surface area contributed by atoms with Crippen molar-refractivity contribution in [3.8, 4) is 0 Å². The third kappa shape index (κ3) is 2.44. The highest BCUT2D eigenvalue weighted by Gasteiger charge is 2.30. The quantitative estimate of drug-likeness (QED) is 0.927. The van der Waals surface area contributed by atoms with Gasteiger partial charge >= 0.3 is 5.97 Å². The summed E-state index contributed by atoms with van der Waals surface area (Å²) in [6.07, 6.45) is 0. The lowest BCUT2D eigenvalue weighted by atomic mass is 9.90. The van der Waals surface area contributed by atoms with Crippen molar-refractivity contribution in [3.63, 3.8) is 0 Å². The number of aliphatic carboxylic acids is 1. The summed E-state index contributed by atoms with van der Waals surface area (Å²) < 4.78 is 5.06. The molecule has 0 saturated carbocycles. The molecule has 1 atom stereocenters. The molecule has 0 amide bonds. The summed E-state index contributed by atoms with van der Waals surface area (Å²) in [5, 5.41) is 13.4. The first kappa shape index (κ1) is 12.9. The van der Waals surface area contributed by atoms with E-state index >= 15 is 0 Å². The van der Waals surface area contributed by atoms with Crippen LogP contribution in [0.3, 0.4) is 0 Å². The lowest BCUT2D eigenvalue weighted by Crippen LogP contribution is -2.36. The molecule has 0 radical (unpaired) electrons. The molecule has 1 unspecified atom stereocenters. The second kappa shape index (κ2) is 5.09. The standard InChI is InChI=1S/C15H16N2O3/c1-10-6-12(16-20-10)8-17-7-11-4-2-3-5-13(11)14(9-17)15(18)19/h2-6,14H,7-9H2,1H3,(H,18,19). The smallest absolute Gasteiger partial charge is 0.312 e. The maximum absolute atomic E-state index is 11.5. The van der Waals surface area contributed by atoms with Crippen molar-refractivity contribution in [2.75, 3.05) is 6.54 Å². The molecule has 0 fully saturated rings. The fourth-order valence-corrected chi connectivity index (χ4v) is 2.73. The third-order valence-corrected chi connectivity index (χ3v) is 3.63. The van der Waals surface area contributed by atoms with Gasteiger partial charge in [-0.1, -0.05) is 29.4 Å². The van der Waals surface area contributed by atoms with E-state index in [1.54, 1.807) is 0 Å². The molecule has 0 spiro atoms. The SMILES string of the molecule is Cc1cc(CN2Cc3ccccc3C(C(=O)O)C2)no1. The Morgan fingerprint density at radius 3 is 3.00 bits per heavy atom. The molecule has 1 N–H and O–H groups in total. The third-order valence-electron chi connectivity index (χ3n) is 3.63. The number of hydrogen-bond acceptors (Lipinski definition) is 4. The van der Waals surface area contributed by atoms with Gasteiger partial charge in [0.25, 0.3) is 0 Å². The van der Waals surface area contributed by atoms with Crippen molar-refractivity contribution in [2.24, 2.45) is 0 Å². The van der Waals surface area contributed by atoms with E-state index in [0.717, 1.165) is 29.1 Å². The minimum absolute atomic E-state index is 0.479. The van der Waals surface area contributed by atoms with Crippen LogP contribution in [0.5, 0.6) is 0 Å². The van der Waals surface area contributed by atoms with Crippen molar-refractivity contribution in [1.82, 2.24) is 10.1 Å². The van der Waals surface area contributed by atoms with Crippen molar-refractivity contribution in [2.45, 2.75) is 25.9 Å². The summed E-state index contributed by atoms with van der Waals surface area (Å²) in [6, 6.07) is 9.63. The van der Waals surface area contributed by atoms with Crippen LogP contribution in [-0.2, 0) is 17.9 Å². The van der Waals surface area contributed by atoms with Gasteiger partial charge in [0, 0.05) is 25.7 Å². The van der Waals surface area contributed by atoms with Crippen LogP contribution < -0.4 is 0 Å². The lowest BCUT2D eigenvalue weighted by molar-refractivity contribution is -0.139. The number of nitrogens with zero attached hydrogens (tertiary/aromatic N) is 2. The summed E-state index contributed by atoms with van der Waals surface area (Å²) in [5.41, 5.74) is 2.84. The van der Waals surface area contributed by atoms with Crippen molar-refractivity contribution in [1.29, 1.82) is 0 Å². The van der Waals surface area contributed by atoms with Crippen LogP contribution in [0.25, 0.3) is 0 Å². The van der Waals surface area contributed by atoms with E-state index in [9.17, 15) is 9.90 Å².